The molecule has 0 saturated heterocycles. The normalized spacial score (nSPS) is 15.7. The molecule has 7 nitrogen and oxygen atoms in total. The third-order valence-electron chi connectivity index (χ3n) is 5.30. The summed E-state index contributed by atoms with van der Waals surface area (Å²) in [4.78, 5) is 20.6. The summed E-state index contributed by atoms with van der Waals surface area (Å²) in [6.45, 7) is 0.648. The van der Waals surface area contributed by atoms with Gasteiger partial charge in [-0.2, -0.15) is 13.2 Å². The second-order valence-electron chi connectivity index (χ2n) is 7.86. The van der Waals surface area contributed by atoms with Gasteiger partial charge in [0.15, 0.2) is 0 Å². The number of guanidine groups is 1. The van der Waals surface area contributed by atoms with Crippen LogP contribution in [0.1, 0.15) is 27.7 Å². The van der Waals surface area contributed by atoms with Crippen LogP contribution in [-0.4, -0.2) is 41.6 Å². The number of hydrogen-bond acceptors (Lipinski definition) is 6. The maximum absolute atomic E-state index is 12.3. The molecule has 1 aliphatic heterocycles. The van der Waals surface area contributed by atoms with E-state index < -0.39 is 24.8 Å². The highest BCUT2D eigenvalue weighted by Crippen LogP contribution is 2.25. The second-order valence-corrected chi connectivity index (χ2v) is 7.86. The Morgan fingerprint density at radius 2 is 1.79 bits per heavy atom. The van der Waals surface area contributed by atoms with E-state index in [-0.39, 0.29) is 5.56 Å². The molecule has 3 N–H and O–H groups in total. The van der Waals surface area contributed by atoms with Gasteiger partial charge in [-0.1, -0.05) is 24.3 Å². The van der Waals surface area contributed by atoms with Crippen LogP contribution in [0.2, 0.25) is 0 Å². The number of carbonyl (C=O) groups is 1. The van der Waals surface area contributed by atoms with E-state index in [1.54, 1.807) is 23.3 Å². The van der Waals surface area contributed by atoms with Gasteiger partial charge in [-0.25, -0.2) is 10.4 Å². The molecule has 0 aliphatic carbocycles. The number of rotatable bonds is 5. The molecule has 34 heavy (non-hydrogen) atoms. The Kier molecular flexibility index (Phi) is 6.51. The zero-order chi connectivity index (χ0) is 24.3. The monoisotopic (exact) mass is 468 g/mol. The molecule has 0 fully saturated rings. The highest BCUT2D eigenvalue weighted by atomic mass is 19.4. The number of benzene rings is 2. The first-order valence-corrected chi connectivity index (χ1v) is 10.5. The molecule has 1 aliphatic rings. The molecule has 0 saturated carbocycles. The molecular weight excluding hydrogens is 445 g/mol. The number of aromatic nitrogens is 1. The van der Waals surface area contributed by atoms with E-state index in [4.69, 9.17) is 0 Å². The fourth-order valence-corrected chi connectivity index (χ4v) is 3.51. The van der Waals surface area contributed by atoms with E-state index in [0.29, 0.717) is 5.96 Å². The lowest BCUT2D eigenvalue weighted by atomic mass is 10.0. The summed E-state index contributed by atoms with van der Waals surface area (Å²) in [5.74, 6) is -0.179. The molecule has 0 spiro atoms. The van der Waals surface area contributed by atoms with Crippen LogP contribution in [0, 0.1) is 6.92 Å². The number of alkyl halides is 3. The van der Waals surface area contributed by atoms with Gasteiger partial charge in [0.25, 0.3) is 5.91 Å². The van der Waals surface area contributed by atoms with Crippen molar-refractivity contribution in [1.29, 1.82) is 0 Å². The molecule has 0 bridgehead atoms. The highest BCUT2D eigenvalue weighted by Gasteiger charge is 2.28. The highest BCUT2D eigenvalue weighted by molar-refractivity contribution is 5.95. The third kappa shape index (κ3) is 5.52. The average molecular weight is 468 g/mol. The number of nitrogens with one attached hydrogen (secondary N) is 3. The molecule has 2 heterocycles. The lowest BCUT2D eigenvalue weighted by molar-refractivity contribution is -0.123. The molecule has 176 valence electrons. The lowest BCUT2D eigenvalue weighted by Gasteiger charge is -2.17. The molecule has 0 radical (unpaired) electrons. The SMILES string of the molecule is Cc1cnccc1-c1ccc(NC2=NC(c3ccc(C(=O)NCC(F)(F)F)cc3)NN2C)cc1. The summed E-state index contributed by atoms with van der Waals surface area (Å²) in [6.07, 6.45) is -1.26. The fraction of sp³-hybridized carbons (Fsp3) is 0.208. The molecule has 1 aromatic heterocycles. The van der Waals surface area contributed by atoms with Crippen LogP contribution in [0.15, 0.2) is 72.0 Å². The second kappa shape index (κ2) is 9.52. The zero-order valence-corrected chi connectivity index (χ0v) is 18.5. The minimum atomic E-state index is -4.45. The van der Waals surface area contributed by atoms with Crippen molar-refractivity contribution < 1.29 is 18.0 Å². The molecule has 1 amide bonds. The van der Waals surface area contributed by atoms with Crippen LogP contribution < -0.4 is 16.1 Å². The van der Waals surface area contributed by atoms with E-state index in [1.807, 2.05) is 55.8 Å². The van der Waals surface area contributed by atoms with E-state index >= 15 is 0 Å². The van der Waals surface area contributed by atoms with Crippen molar-refractivity contribution in [3.05, 3.63) is 83.7 Å². The van der Waals surface area contributed by atoms with Crippen LogP contribution in [0.25, 0.3) is 11.1 Å². The summed E-state index contributed by atoms with van der Waals surface area (Å²) < 4.78 is 36.9. The Labute approximate surface area is 194 Å². The van der Waals surface area contributed by atoms with Crippen molar-refractivity contribution in [2.75, 3.05) is 18.9 Å². The van der Waals surface area contributed by atoms with Gasteiger partial charge in [-0.3, -0.25) is 14.8 Å². The summed E-state index contributed by atoms with van der Waals surface area (Å²) in [6, 6.07) is 16.2. The van der Waals surface area contributed by atoms with Crippen LogP contribution in [0.4, 0.5) is 18.9 Å². The standard InChI is InChI=1S/C24H23F3N6O/c1-15-13-28-12-11-20(15)16-7-9-19(10-8-16)30-23-31-21(32-33(23)2)17-3-5-18(6-4-17)22(34)29-14-24(25,26)27/h3-13,21,32H,14H2,1-2H3,(H,29,34)(H,30,31). The summed E-state index contributed by atoms with van der Waals surface area (Å²) in [5.41, 5.74) is 8.26. The van der Waals surface area contributed by atoms with E-state index in [9.17, 15) is 18.0 Å². The Morgan fingerprint density at radius 3 is 2.44 bits per heavy atom. The van der Waals surface area contributed by atoms with Gasteiger partial charge in [0.05, 0.1) is 0 Å². The fourth-order valence-electron chi connectivity index (χ4n) is 3.51. The number of halogens is 3. The zero-order valence-electron chi connectivity index (χ0n) is 18.5. The van der Waals surface area contributed by atoms with Crippen molar-refractivity contribution in [3.8, 4) is 11.1 Å². The molecule has 3 aromatic rings. The maximum atomic E-state index is 12.3. The lowest BCUT2D eigenvalue weighted by Crippen LogP contribution is -2.37. The first kappa shape index (κ1) is 23.2. The third-order valence-corrected chi connectivity index (χ3v) is 5.30. The van der Waals surface area contributed by atoms with Gasteiger partial charge < -0.3 is 10.6 Å². The minimum absolute atomic E-state index is 0.145. The van der Waals surface area contributed by atoms with Crippen LogP contribution in [-0.2, 0) is 0 Å². The van der Waals surface area contributed by atoms with Crippen LogP contribution in [0.5, 0.6) is 0 Å². The summed E-state index contributed by atoms with van der Waals surface area (Å²) in [7, 11) is 1.82. The van der Waals surface area contributed by atoms with Gasteiger partial charge in [-0.05, 0) is 59.5 Å². The summed E-state index contributed by atoms with van der Waals surface area (Å²) >= 11 is 0. The predicted molar refractivity (Wildman–Crippen MR) is 124 cm³/mol. The number of amides is 1. The molecule has 2 aromatic carbocycles. The smallest absolute Gasteiger partial charge is 0.343 e. The Bertz CT molecular complexity index is 1190. The molecule has 10 heteroatoms. The van der Waals surface area contributed by atoms with Crippen molar-refractivity contribution in [2.24, 2.45) is 4.99 Å². The number of anilines is 1. The van der Waals surface area contributed by atoms with Gasteiger partial charge in [0, 0.05) is 30.7 Å². The molecule has 4 rings (SSSR count). The van der Waals surface area contributed by atoms with Gasteiger partial charge in [0.1, 0.15) is 12.7 Å². The average Bonchev–Trinajstić information content (AvgIpc) is 3.18. The Morgan fingerprint density at radius 1 is 1.09 bits per heavy atom. The van der Waals surface area contributed by atoms with Crippen LogP contribution >= 0.6 is 0 Å². The topological polar surface area (TPSA) is 81.6 Å². The van der Waals surface area contributed by atoms with Crippen molar-refractivity contribution in [1.82, 2.24) is 20.7 Å². The number of aryl methyl sites for hydroxylation is 1. The molecule has 1 unspecified atom stereocenters. The van der Waals surface area contributed by atoms with Gasteiger partial charge >= 0.3 is 6.18 Å². The number of pyridine rings is 1. The van der Waals surface area contributed by atoms with Crippen LogP contribution in [0.3, 0.4) is 0 Å². The predicted octanol–water partition coefficient (Wildman–Crippen LogP) is 4.27. The van der Waals surface area contributed by atoms with Crippen molar-refractivity contribution >= 4 is 17.6 Å². The Hall–Kier alpha value is -3.92. The van der Waals surface area contributed by atoms with Gasteiger partial charge in [0.2, 0.25) is 5.96 Å². The molecular formula is C24H23F3N6O. The first-order chi connectivity index (χ1) is 16.2. The first-order valence-electron chi connectivity index (χ1n) is 10.5. The number of aliphatic imine (C=N–C) groups is 1. The quantitative estimate of drug-likeness (QED) is 0.521. The largest absolute Gasteiger partial charge is 0.405 e. The Balaban J connectivity index is 1.41. The van der Waals surface area contributed by atoms with E-state index in [1.165, 1.54) is 12.1 Å². The molecule has 1 atom stereocenters. The number of hydrazine groups is 1. The van der Waals surface area contributed by atoms with Crippen molar-refractivity contribution in [3.63, 3.8) is 0 Å². The van der Waals surface area contributed by atoms with E-state index in [2.05, 4.69) is 20.7 Å². The maximum Gasteiger partial charge on any atom is 0.405 e. The number of nitrogens with zero attached hydrogens (tertiary/aromatic N) is 3. The van der Waals surface area contributed by atoms with Gasteiger partial charge in [-0.15, -0.1) is 0 Å². The number of hydrogen-bond donors (Lipinski definition) is 3. The number of carbonyl (C=O) groups excluding carboxylic acids is 1. The summed E-state index contributed by atoms with van der Waals surface area (Å²) in [5, 5.41) is 6.88. The van der Waals surface area contributed by atoms with E-state index in [0.717, 1.165) is 27.9 Å². The van der Waals surface area contributed by atoms with Crippen molar-refractivity contribution in [2.45, 2.75) is 19.3 Å². The minimum Gasteiger partial charge on any atom is -0.343 e.